The van der Waals surface area contributed by atoms with E-state index in [0.29, 0.717) is 18.5 Å². The summed E-state index contributed by atoms with van der Waals surface area (Å²) in [6.07, 6.45) is 1.06. The van der Waals surface area contributed by atoms with E-state index in [4.69, 9.17) is 5.11 Å². The second kappa shape index (κ2) is 10.1. The summed E-state index contributed by atoms with van der Waals surface area (Å²) in [5.41, 5.74) is 2.39. The van der Waals surface area contributed by atoms with Gasteiger partial charge in [0.15, 0.2) is 0 Å². The predicted molar refractivity (Wildman–Crippen MR) is 127 cm³/mol. The molecule has 1 amide bonds. The number of nitrogens with zero attached hydrogens (tertiary/aromatic N) is 1. The number of amides is 1. The summed E-state index contributed by atoms with van der Waals surface area (Å²) in [6, 6.07) is 10.9. The second-order valence-corrected chi connectivity index (χ2v) is 9.30. The number of fused-ring (bicyclic) bond motifs is 1. The van der Waals surface area contributed by atoms with Crippen LogP contribution in [0.2, 0.25) is 0 Å². The van der Waals surface area contributed by atoms with Gasteiger partial charge in [-0.3, -0.25) is 9.59 Å². The molecule has 0 spiro atoms. The van der Waals surface area contributed by atoms with E-state index in [-0.39, 0.29) is 24.3 Å². The molecular weight excluding hydrogens is 457 g/mol. The summed E-state index contributed by atoms with van der Waals surface area (Å²) < 4.78 is 40.8. The molecule has 8 heteroatoms. The number of rotatable bonds is 7. The van der Waals surface area contributed by atoms with Crippen molar-refractivity contribution >= 4 is 22.8 Å². The Bertz CT molecular complexity index is 1210. The maximum Gasteiger partial charge on any atom is 0.416 e. The minimum Gasteiger partial charge on any atom is -0.481 e. The number of aryl methyl sites for hydroxylation is 1. The van der Waals surface area contributed by atoms with E-state index in [1.165, 1.54) is 12.1 Å². The number of benzene rings is 2. The minimum absolute atomic E-state index is 0.00496. The predicted octanol–water partition coefficient (Wildman–Crippen LogP) is 6.03. The first-order valence-electron chi connectivity index (χ1n) is 11.9. The smallest absolute Gasteiger partial charge is 0.416 e. The van der Waals surface area contributed by atoms with Crippen LogP contribution in [-0.2, 0) is 23.9 Å². The van der Waals surface area contributed by atoms with Crippen LogP contribution in [-0.4, -0.2) is 27.6 Å². The molecule has 1 fully saturated rings. The van der Waals surface area contributed by atoms with E-state index >= 15 is 0 Å². The first-order valence-corrected chi connectivity index (χ1v) is 11.9. The first-order chi connectivity index (χ1) is 16.7. The van der Waals surface area contributed by atoms with E-state index in [2.05, 4.69) is 5.32 Å². The van der Waals surface area contributed by atoms with Crippen molar-refractivity contribution in [3.05, 3.63) is 70.9 Å². The monoisotopic (exact) mass is 486 g/mol. The van der Waals surface area contributed by atoms with Crippen molar-refractivity contribution in [2.24, 2.45) is 5.92 Å². The fourth-order valence-corrected chi connectivity index (χ4v) is 5.06. The largest absolute Gasteiger partial charge is 0.481 e. The molecular formula is C27H29F3N2O3. The quantitative estimate of drug-likeness (QED) is 0.428. The van der Waals surface area contributed by atoms with Crippen molar-refractivity contribution < 1.29 is 27.9 Å². The lowest BCUT2D eigenvalue weighted by atomic mass is 9.84. The first kappa shape index (κ1) is 24.8. The van der Waals surface area contributed by atoms with E-state index in [0.717, 1.165) is 59.8 Å². The van der Waals surface area contributed by atoms with Crippen molar-refractivity contribution in [3.63, 3.8) is 0 Å². The molecule has 2 aromatic carbocycles. The molecule has 0 bridgehead atoms. The summed E-state index contributed by atoms with van der Waals surface area (Å²) in [4.78, 5) is 24.3. The fraction of sp³-hybridized carbons (Fsp3) is 0.407. The number of carbonyl (C=O) groups is 2. The zero-order chi connectivity index (χ0) is 25.2. The molecule has 186 valence electrons. The van der Waals surface area contributed by atoms with Gasteiger partial charge in [0.25, 0.3) is 5.91 Å². The van der Waals surface area contributed by atoms with E-state index in [1.54, 1.807) is 0 Å². The lowest BCUT2D eigenvalue weighted by molar-refractivity contribution is -0.139. The lowest BCUT2D eigenvalue weighted by Crippen LogP contribution is -2.37. The molecule has 1 aliphatic rings. The van der Waals surface area contributed by atoms with Gasteiger partial charge in [-0.25, -0.2) is 0 Å². The molecule has 3 aromatic rings. The molecule has 0 radical (unpaired) electrons. The average molecular weight is 487 g/mol. The van der Waals surface area contributed by atoms with Gasteiger partial charge in [0.05, 0.1) is 11.1 Å². The summed E-state index contributed by atoms with van der Waals surface area (Å²) in [6.45, 7) is 2.67. The minimum atomic E-state index is -4.38. The van der Waals surface area contributed by atoms with E-state index in [1.807, 2.05) is 35.9 Å². The van der Waals surface area contributed by atoms with Gasteiger partial charge in [0.1, 0.15) is 0 Å². The topological polar surface area (TPSA) is 71.3 Å². The summed E-state index contributed by atoms with van der Waals surface area (Å²) in [5, 5.41) is 13.0. The number of aliphatic carboxylic acids is 1. The maximum atomic E-state index is 13.3. The van der Waals surface area contributed by atoms with Gasteiger partial charge in [-0.15, -0.1) is 0 Å². The number of carboxylic acid groups (broad SMARTS) is 1. The molecule has 0 saturated heterocycles. The van der Waals surface area contributed by atoms with Crippen molar-refractivity contribution in [1.29, 1.82) is 0 Å². The SMILES string of the molecule is CCn1cc(C(=O)N[C@H]2CC[C@H](CC(=O)O)CC2)c2c(Cc3ccc(C(F)(F)F)cc3)cccc21. The van der Waals surface area contributed by atoms with E-state index < -0.39 is 17.7 Å². The van der Waals surface area contributed by atoms with Gasteiger partial charge in [0.2, 0.25) is 0 Å². The number of carboxylic acids is 1. The Morgan fingerprint density at radius 1 is 1.06 bits per heavy atom. The molecule has 5 nitrogen and oxygen atoms in total. The summed E-state index contributed by atoms with van der Waals surface area (Å²) >= 11 is 0. The van der Waals surface area contributed by atoms with Crippen LogP contribution < -0.4 is 5.32 Å². The second-order valence-electron chi connectivity index (χ2n) is 9.30. The molecule has 4 rings (SSSR count). The zero-order valence-electron chi connectivity index (χ0n) is 19.6. The number of carbonyl (C=O) groups excluding carboxylic acids is 1. The number of aromatic nitrogens is 1. The van der Waals surface area contributed by atoms with Crippen molar-refractivity contribution in [2.45, 2.75) is 64.2 Å². The average Bonchev–Trinajstić information content (AvgIpc) is 3.20. The third-order valence-electron chi connectivity index (χ3n) is 6.90. The zero-order valence-corrected chi connectivity index (χ0v) is 19.6. The van der Waals surface area contributed by atoms with Gasteiger partial charge < -0.3 is 15.0 Å². The summed E-state index contributed by atoms with van der Waals surface area (Å²) in [7, 11) is 0. The summed E-state index contributed by atoms with van der Waals surface area (Å²) in [5.74, 6) is -0.813. The third-order valence-corrected chi connectivity index (χ3v) is 6.90. The van der Waals surface area contributed by atoms with Crippen LogP contribution >= 0.6 is 0 Å². The molecule has 35 heavy (non-hydrogen) atoms. The molecule has 0 unspecified atom stereocenters. The molecule has 1 heterocycles. The number of nitrogens with one attached hydrogen (secondary N) is 1. The number of hydrogen-bond acceptors (Lipinski definition) is 2. The highest BCUT2D eigenvalue weighted by Gasteiger charge is 2.30. The Morgan fingerprint density at radius 2 is 1.74 bits per heavy atom. The van der Waals surface area contributed by atoms with Crippen LogP contribution in [0, 0.1) is 5.92 Å². The van der Waals surface area contributed by atoms with Crippen LogP contribution in [0.1, 0.15) is 66.1 Å². The Labute approximate surface area is 201 Å². The lowest BCUT2D eigenvalue weighted by Gasteiger charge is -2.28. The molecule has 2 N–H and O–H groups in total. The molecule has 1 saturated carbocycles. The molecule has 1 aliphatic carbocycles. The van der Waals surface area contributed by atoms with Crippen LogP contribution in [0.4, 0.5) is 13.2 Å². The van der Waals surface area contributed by atoms with Crippen LogP contribution in [0.5, 0.6) is 0 Å². The Hall–Kier alpha value is -3.29. The number of hydrogen-bond donors (Lipinski definition) is 2. The molecule has 0 atom stereocenters. The van der Waals surface area contributed by atoms with Crippen LogP contribution in [0.3, 0.4) is 0 Å². The van der Waals surface area contributed by atoms with Crippen molar-refractivity contribution in [1.82, 2.24) is 9.88 Å². The normalized spacial score (nSPS) is 18.5. The van der Waals surface area contributed by atoms with Gasteiger partial charge in [-0.2, -0.15) is 13.2 Å². The Morgan fingerprint density at radius 3 is 2.34 bits per heavy atom. The van der Waals surface area contributed by atoms with Crippen LogP contribution in [0.25, 0.3) is 10.9 Å². The maximum absolute atomic E-state index is 13.3. The van der Waals surface area contributed by atoms with Gasteiger partial charge >= 0.3 is 12.1 Å². The number of alkyl halides is 3. The standard InChI is InChI=1S/C27H29F3N2O3/c1-2-32-16-22(26(35)31-21-12-8-18(9-13-21)15-24(33)34)25-19(4-3-5-23(25)32)14-17-6-10-20(11-7-17)27(28,29)30/h3-7,10-11,16,18,21H,2,8-9,12-15H2,1H3,(H,31,35)(H,33,34)/t18-,21-. The fourth-order valence-electron chi connectivity index (χ4n) is 5.06. The highest BCUT2D eigenvalue weighted by Crippen LogP contribution is 2.32. The van der Waals surface area contributed by atoms with Crippen molar-refractivity contribution in [3.8, 4) is 0 Å². The molecule has 1 aromatic heterocycles. The van der Waals surface area contributed by atoms with Gasteiger partial charge in [0, 0.05) is 36.1 Å². The highest BCUT2D eigenvalue weighted by atomic mass is 19.4. The van der Waals surface area contributed by atoms with Crippen molar-refractivity contribution in [2.75, 3.05) is 0 Å². The molecule has 0 aliphatic heterocycles. The van der Waals surface area contributed by atoms with Gasteiger partial charge in [-0.05, 0) is 74.3 Å². The Kier molecular flexibility index (Phi) is 7.19. The van der Waals surface area contributed by atoms with Crippen LogP contribution in [0.15, 0.2) is 48.7 Å². The highest BCUT2D eigenvalue weighted by molar-refractivity contribution is 6.08. The number of halogens is 3. The van der Waals surface area contributed by atoms with Gasteiger partial charge in [-0.1, -0.05) is 24.3 Å². The third kappa shape index (κ3) is 5.69. The Balaban J connectivity index is 1.57. The van der Waals surface area contributed by atoms with E-state index in [9.17, 15) is 22.8 Å².